The van der Waals surface area contributed by atoms with E-state index in [4.69, 9.17) is 21.4 Å². The Morgan fingerprint density at radius 1 is 1.27 bits per heavy atom. The minimum absolute atomic E-state index is 0.162. The summed E-state index contributed by atoms with van der Waals surface area (Å²) in [5.41, 5.74) is 0.907. The maximum absolute atomic E-state index is 13.0. The van der Waals surface area contributed by atoms with Gasteiger partial charge >= 0.3 is 5.97 Å². The fourth-order valence-corrected chi connectivity index (χ4v) is 5.27. The number of nitrogens with zero attached hydrogens (tertiary/aromatic N) is 1. The van der Waals surface area contributed by atoms with E-state index in [1.165, 1.54) is 11.8 Å². The number of thioether (sulfide) groups is 1. The Morgan fingerprint density at radius 3 is 2.73 bits per heavy atom. The number of carbonyl (C=O) groups excluding carboxylic acids is 1. The lowest BCUT2D eigenvalue weighted by atomic mass is 9.85. The van der Waals surface area contributed by atoms with Crippen molar-refractivity contribution in [2.75, 3.05) is 7.11 Å². The quantitative estimate of drug-likeness (QED) is 0.525. The molecule has 30 heavy (non-hydrogen) atoms. The van der Waals surface area contributed by atoms with E-state index in [9.17, 15) is 14.7 Å². The number of carbonyl (C=O) groups is 2. The van der Waals surface area contributed by atoms with Crippen LogP contribution in [0.4, 0.5) is 0 Å². The van der Waals surface area contributed by atoms with Crippen LogP contribution in [0.5, 0.6) is 5.75 Å². The number of ether oxygens (including phenoxy) is 1. The van der Waals surface area contributed by atoms with E-state index >= 15 is 0 Å². The highest BCUT2D eigenvalue weighted by atomic mass is 32.2. The lowest BCUT2D eigenvalue weighted by molar-refractivity contribution is -0.144. The summed E-state index contributed by atoms with van der Waals surface area (Å²) >= 11 is 6.67. The molecule has 1 aromatic carbocycles. The second kappa shape index (κ2) is 8.65. The van der Waals surface area contributed by atoms with Gasteiger partial charge in [0, 0.05) is 17.7 Å². The fourth-order valence-electron chi connectivity index (χ4n) is 3.89. The van der Waals surface area contributed by atoms with Gasteiger partial charge in [-0.3, -0.25) is 14.5 Å². The number of carboxylic acid groups (broad SMARTS) is 1. The van der Waals surface area contributed by atoms with Gasteiger partial charge in [-0.1, -0.05) is 30.4 Å². The SMILES string of the molecule is COc1ccc(-c2ccc(C=C3SC(=S)N(C4CCCC(C(=O)O)C4)C3=O)o2)cc1. The zero-order chi connectivity index (χ0) is 21.3. The topological polar surface area (TPSA) is 80.0 Å². The highest BCUT2D eigenvalue weighted by Crippen LogP contribution is 2.39. The summed E-state index contributed by atoms with van der Waals surface area (Å²) in [5, 5.41) is 9.33. The third-order valence-electron chi connectivity index (χ3n) is 5.46. The van der Waals surface area contributed by atoms with Gasteiger partial charge in [-0.25, -0.2) is 0 Å². The van der Waals surface area contributed by atoms with Crippen molar-refractivity contribution >= 4 is 46.3 Å². The summed E-state index contributed by atoms with van der Waals surface area (Å²) in [5.74, 6) is 0.617. The highest BCUT2D eigenvalue weighted by molar-refractivity contribution is 8.26. The number of carboxylic acids is 1. The number of hydrogen-bond donors (Lipinski definition) is 1. The van der Waals surface area contributed by atoms with Crippen molar-refractivity contribution in [2.45, 2.75) is 31.7 Å². The van der Waals surface area contributed by atoms with E-state index < -0.39 is 11.9 Å². The molecule has 1 saturated carbocycles. The summed E-state index contributed by atoms with van der Waals surface area (Å²) in [6.07, 6.45) is 4.34. The van der Waals surface area contributed by atoms with Gasteiger partial charge in [-0.2, -0.15) is 0 Å². The van der Waals surface area contributed by atoms with Crippen molar-refractivity contribution in [1.29, 1.82) is 0 Å². The molecule has 6 nitrogen and oxygen atoms in total. The van der Waals surface area contributed by atoms with Crippen molar-refractivity contribution in [3.8, 4) is 17.1 Å². The monoisotopic (exact) mass is 443 g/mol. The van der Waals surface area contributed by atoms with Crippen molar-refractivity contribution < 1.29 is 23.8 Å². The molecule has 2 unspecified atom stereocenters. The highest BCUT2D eigenvalue weighted by Gasteiger charge is 2.40. The Balaban J connectivity index is 1.51. The summed E-state index contributed by atoms with van der Waals surface area (Å²) in [6, 6.07) is 11.0. The van der Waals surface area contributed by atoms with Gasteiger partial charge in [0.15, 0.2) is 0 Å². The Kier molecular flexibility index (Phi) is 5.97. The number of thiocarbonyl (C=S) groups is 1. The first-order valence-electron chi connectivity index (χ1n) is 9.70. The summed E-state index contributed by atoms with van der Waals surface area (Å²) < 4.78 is 11.5. The van der Waals surface area contributed by atoms with Crippen LogP contribution < -0.4 is 4.74 Å². The number of aliphatic carboxylic acids is 1. The van der Waals surface area contributed by atoms with Crippen LogP contribution in [0.3, 0.4) is 0 Å². The number of furan rings is 1. The van der Waals surface area contributed by atoms with Gasteiger partial charge in [-0.15, -0.1) is 0 Å². The Hall–Kier alpha value is -2.58. The van der Waals surface area contributed by atoms with Crippen LogP contribution in [0.2, 0.25) is 0 Å². The van der Waals surface area contributed by atoms with E-state index in [-0.39, 0.29) is 11.9 Å². The molecule has 0 spiro atoms. The van der Waals surface area contributed by atoms with Crippen molar-refractivity contribution in [3.63, 3.8) is 0 Å². The van der Waals surface area contributed by atoms with Gasteiger partial charge in [0.2, 0.25) is 0 Å². The van der Waals surface area contributed by atoms with E-state index in [2.05, 4.69) is 0 Å². The molecular formula is C22H21NO5S2. The molecule has 0 radical (unpaired) electrons. The Labute approximate surface area is 183 Å². The first-order chi connectivity index (χ1) is 14.5. The number of rotatable bonds is 5. The zero-order valence-corrected chi connectivity index (χ0v) is 18.0. The van der Waals surface area contributed by atoms with Gasteiger partial charge in [0.25, 0.3) is 5.91 Å². The average molecular weight is 444 g/mol. The molecule has 2 atom stereocenters. The first-order valence-corrected chi connectivity index (χ1v) is 10.9. The zero-order valence-electron chi connectivity index (χ0n) is 16.4. The molecule has 1 aliphatic heterocycles. The number of hydrogen-bond acceptors (Lipinski definition) is 6. The van der Waals surface area contributed by atoms with Crippen LogP contribution in [0.1, 0.15) is 31.4 Å². The fraction of sp³-hybridized carbons (Fsp3) is 0.318. The van der Waals surface area contributed by atoms with Gasteiger partial charge < -0.3 is 14.3 Å². The molecule has 1 N–H and O–H groups in total. The molecule has 1 aliphatic carbocycles. The predicted molar refractivity (Wildman–Crippen MR) is 119 cm³/mol. The normalized spacial score (nSPS) is 23.2. The lowest BCUT2D eigenvalue weighted by Crippen LogP contribution is -2.42. The third kappa shape index (κ3) is 4.15. The summed E-state index contributed by atoms with van der Waals surface area (Å²) in [4.78, 5) is 26.4. The van der Waals surface area contributed by atoms with Crippen LogP contribution in [0.25, 0.3) is 17.4 Å². The molecule has 2 aliphatic rings. The predicted octanol–water partition coefficient (Wildman–Crippen LogP) is 4.80. The molecule has 156 valence electrons. The van der Waals surface area contributed by atoms with Gasteiger partial charge in [0.1, 0.15) is 21.6 Å². The van der Waals surface area contributed by atoms with Crippen molar-refractivity contribution in [2.24, 2.45) is 5.92 Å². The molecule has 2 fully saturated rings. The number of amides is 1. The van der Waals surface area contributed by atoms with Gasteiger partial charge in [-0.05, 0) is 55.7 Å². The molecule has 1 saturated heterocycles. The van der Waals surface area contributed by atoms with Crippen LogP contribution in [-0.4, -0.2) is 39.4 Å². The van der Waals surface area contributed by atoms with Crippen molar-refractivity contribution in [1.82, 2.24) is 4.90 Å². The standard InChI is InChI=1S/C22H21NO5S2/c1-27-16-7-5-13(6-8-16)18-10-9-17(28-18)12-19-20(24)23(22(29)30-19)15-4-2-3-14(11-15)21(25)26/h5-10,12,14-15H,2-4,11H2,1H3,(H,25,26). The second-order valence-electron chi connectivity index (χ2n) is 7.34. The minimum atomic E-state index is -0.803. The Morgan fingerprint density at radius 2 is 2.03 bits per heavy atom. The number of methoxy groups -OCH3 is 1. The van der Waals surface area contributed by atoms with E-state index in [1.54, 1.807) is 18.1 Å². The Bertz CT molecular complexity index is 1010. The second-order valence-corrected chi connectivity index (χ2v) is 9.01. The van der Waals surface area contributed by atoms with Gasteiger partial charge in [0.05, 0.1) is 17.9 Å². The van der Waals surface area contributed by atoms with Crippen LogP contribution in [0, 0.1) is 5.92 Å². The molecule has 4 rings (SSSR count). The largest absolute Gasteiger partial charge is 0.497 e. The van der Waals surface area contributed by atoms with E-state index in [0.29, 0.717) is 33.6 Å². The minimum Gasteiger partial charge on any atom is -0.497 e. The van der Waals surface area contributed by atoms with Crippen molar-refractivity contribution in [3.05, 3.63) is 47.1 Å². The molecule has 8 heteroatoms. The number of benzene rings is 1. The van der Waals surface area contributed by atoms with Crippen LogP contribution >= 0.6 is 24.0 Å². The van der Waals surface area contributed by atoms with E-state index in [0.717, 1.165) is 24.2 Å². The smallest absolute Gasteiger partial charge is 0.306 e. The molecule has 1 aromatic heterocycles. The van der Waals surface area contributed by atoms with Crippen LogP contribution in [-0.2, 0) is 9.59 Å². The third-order valence-corrected chi connectivity index (χ3v) is 6.79. The summed E-state index contributed by atoms with van der Waals surface area (Å²) in [6.45, 7) is 0. The molecule has 2 aromatic rings. The molecule has 1 amide bonds. The van der Waals surface area contributed by atoms with Crippen LogP contribution in [0.15, 0.2) is 45.7 Å². The molecule has 2 heterocycles. The maximum Gasteiger partial charge on any atom is 0.306 e. The lowest BCUT2D eigenvalue weighted by Gasteiger charge is -2.32. The molecule has 0 bridgehead atoms. The maximum atomic E-state index is 13.0. The first kappa shape index (κ1) is 20.7. The average Bonchev–Trinajstić information content (AvgIpc) is 3.32. The van der Waals surface area contributed by atoms with E-state index in [1.807, 2.05) is 36.4 Å². The molecular weight excluding hydrogens is 422 g/mol. The summed E-state index contributed by atoms with van der Waals surface area (Å²) in [7, 11) is 1.62.